The zero-order valence-electron chi connectivity index (χ0n) is 19.8. The minimum atomic E-state index is -3.95. The third kappa shape index (κ3) is 7.19. The minimum absolute atomic E-state index is 0.0404. The zero-order valence-corrected chi connectivity index (χ0v) is 23.6. The average Bonchev–Trinajstić information content (AvgIpc) is 3.31. The number of nitrogens with one attached hydrogen (secondary N) is 1. The van der Waals surface area contributed by atoms with Gasteiger partial charge in [-0.2, -0.15) is 0 Å². The zero-order chi connectivity index (χ0) is 26.6. The molecule has 3 rings (SSSR count). The first-order chi connectivity index (χ1) is 16.9. The van der Waals surface area contributed by atoms with Gasteiger partial charge in [-0.3, -0.25) is 13.9 Å². The molecule has 1 aliphatic carbocycles. The van der Waals surface area contributed by atoms with E-state index >= 15 is 0 Å². The monoisotopic (exact) mass is 593 g/mol. The molecule has 0 unspecified atom stereocenters. The van der Waals surface area contributed by atoms with Crippen LogP contribution in [0.25, 0.3) is 0 Å². The number of carbonyl (C=O) groups excluding carboxylic acids is 2. The van der Waals surface area contributed by atoms with E-state index in [2.05, 4.69) is 5.32 Å². The maximum atomic E-state index is 13.7. The summed E-state index contributed by atoms with van der Waals surface area (Å²) in [6, 6.07) is 8.36. The first-order valence-electron chi connectivity index (χ1n) is 11.3. The fourth-order valence-electron chi connectivity index (χ4n) is 4.10. The molecule has 0 aliphatic heterocycles. The van der Waals surface area contributed by atoms with Crippen LogP contribution in [0.5, 0.6) is 0 Å². The van der Waals surface area contributed by atoms with Crippen LogP contribution in [-0.2, 0) is 26.2 Å². The highest BCUT2D eigenvalue weighted by atomic mass is 35.5. The lowest BCUT2D eigenvalue weighted by Crippen LogP contribution is -2.52. The van der Waals surface area contributed by atoms with Crippen molar-refractivity contribution in [3.05, 3.63) is 62.1 Å². The van der Waals surface area contributed by atoms with Crippen LogP contribution in [0.4, 0.5) is 5.69 Å². The van der Waals surface area contributed by atoms with Gasteiger partial charge in [0.05, 0.1) is 17.0 Å². The first-order valence-corrected chi connectivity index (χ1v) is 14.7. The normalized spacial score (nSPS) is 14.9. The molecule has 1 atom stereocenters. The Morgan fingerprint density at radius 1 is 1.03 bits per heavy atom. The van der Waals surface area contributed by atoms with Gasteiger partial charge >= 0.3 is 0 Å². The summed E-state index contributed by atoms with van der Waals surface area (Å²) in [5.41, 5.74) is 0.500. The summed E-state index contributed by atoms with van der Waals surface area (Å²) in [5.74, 6) is -0.980. The molecular weight excluding hydrogens is 568 g/mol. The third-order valence-electron chi connectivity index (χ3n) is 6.12. The van der Waals surface area contributed by atoms with Crippen LogP contribution in [0.15, 0.2) is 36.4 Å². The maximum absolute atomic E-state index is 13.7. The summed E-state index contributed by atoms with van der Waals surface area (Å²) in [5, 5.41) is 3.99. The molecule has 2 aromatic rings. The SMILES string of the molecule is C[C@H](C(=O)NC1CCCC1)N(Cc1c(Cl)cccc1Cl)C(=O)CN(c1cc(Cl)ccc1Cl)S(C)(=O)=O. The number of sulfonamides is 1. The predicted octanol–water partition coefficient (Wildman–Crippen LogP) is 5.54. The molecule has 0 radical (unpaired) electrons. The summed E-state index contributed by atoms with van der Waals surface area (Å²) >= 11 is 25.0. The lowest BCUT2D eigenvalue weighted by Gasteiger charge is -2.32. The number of rotatable bonds is 9. The molecule has 0 aromatic heterocycles. The van der Waals surface area contributed by atoms with Crippen LogP contribution in [-0.4, -0.2) is 50.0 Å². The Labute approximate surface area is 231 Å². The lowest BCUT2D eigenvalue weighted by atomic mass is 10.1. The van der Waals surface area contributed by atoms with E-state index in [0.717, 1.165) is 36.2 Å². The second kappa shape index (κ2) is 12.2. The van der Waals surface area contributed by atoms with Gasteiger partial charge in [0.1, 0.15) is 12.6 Å². The molecule has 2 aromatic carbocycles. The number of nitrogens with zero attached hydrogens (tertiary/aromatic N) is 2. The number of amides is 2. The van der Waals surface area contributed by atoms with E-state index in [-0.39, 0.29) is 34.2 Å². The molecule has 1 saturated carbocycles. The number of carbonyl (C=O) groups is 2. The maximum Gasteiger partial charge on any atom is 0.244 e. The quantitative estimate of drug-likeness (QED) is 0.413. The fraction of sp³-hybridized carbons (Fsp3) is 0.417. The molecular formula is C24H27Cl4N3O4S. The van der Waals surface area contributed by atoms with Gasteiger partial charge in [-0.05, 0) is 50.1 Å². The second-order valence-electron chi connectivity index (χ2n) is 8.75. The number of benzene rings is 2. The summed E-state index contributed by atoms with van der Waals surface area (Å²) in [6.45, 7) is 0.879. The van der Waals surface area contributed by atoms with Gasteiger partial charge < -0.3 is 10.2 Å². The van der Waals surface area contributed by atoms with Crippen molar-refractivity contribution in [1.29, 1.82) is 0 Å². The van der Waals surface area contributed by atoms with Crippen molar-refractivity contribution in [3.63, 3.8) is 0 Å². The molecule has 2 amide bonds. The van der Waals surface area contributed by atoms with Gasteiger partial charge in [0.15, 0.2) is 0 Å². The van der Waals surface area contributed by atoms with Crippen molar-refractivity contribution in [2.45, 2.75) is 51.2 Å². The van der Waals surface area contributed by atoms with E-state index in [4.69, 9.17) is 46.4 Å². The summed E-state index contributed by atoms with van der Waals surface area (Å²) < 4.78 is 26.2. The number of anilines is 1. The highest BCUT2D eigenvalue weighted by Gasteiger charge is 2.32. The molecule has 196 valence electrons. The Balaban J connectivity index is 1.96. The highest BCUT2D eigenvalue weighted by molar-refractivity contribution is 7.92. The molecule has 36 heavy (non-hydrogen) atoms. The van der Waals surface area contributed by atoms with Crippen LogP contribution in [0.3, 0.4) is 0 Å². The van der Waals surface area contributed by atoms with Gasteiger partial charge in [-0.15, -0.1) is 0 Å². The minimum Gasteiger partial charge on any atom is -0.352 e. The van der Waals surface area contributed by atoms with Gasteiger partial charge in [-0.1, -0.05) is 65.3 Å². The topological polar surface area (TPSA) is 86.8 Å². The number of halogens is 4. The summed E-state index contributed by atoms with van der Waals surface area (Å²) in [6.07, 6.45) is 4.76. The Morgan fingerprint density at radius 2 is 1.64 bits per heavy atom. The number of hydrogen-bond acceptors (Lipinski definition) is 4. The standard InChI is InChI=1S/C24H27Cl4N3O4S/c1-15(24(33)29-17-6-3-4-7-17)30(13-18-19(26)8-5-9-20(18)27)23(32)14-31(36(2,34)35)22-12-16(25)10-11-21(22)28/h5,8-12,15,17H,3-4,6-7,13-14H2,1-2H3,(H,29,33)/t15-/m1/s1. The van der Waals surface area contributed by atoms with E-state index in [9.17, 15) is 18.0 Å². The Bertz CT molecular complexity index is 1220. The van der Waals surface area contributed by atoms with Gasteiger partial charge in [0.2, 0.25) is 21.8 Å². The van der Waals surface area contributed by atoms with Gasteiger partial charge in [-0.25, -0.2) is 8.42 Å². The molecule has 12 heteroatoms. The van der Waals surface area contributed by atoms with Crippen molar-refractivity contribution < 1.29 is 18.0 Å². The molecule has 1 N–H and O–H groups in total. The van der Waals surface area contributed by atoms with Crippen molar-refractivity contribution in [1.82, 2.24) is 10.2 Å². The summed E-state index contributed by atoms with van der Waals surface area (Å²) in [4.78, 5) is 28.0. The molecule has 1 fully saturated rings. The predicted molar refractivity (Wildman–Crippen MR) is 146 cm³/mol. The van der Waals surface area contributed by atoms with Crippen LogP contribution in [0.2, 0.25) is 20.1 Å². The van der Waals surface area contributed by atoms with E-state index in [1.807, 2.05) is 0 Å². The molecule has 1 aliphatic rings. The van der Waals surface area contributed by atoms with Crippen molar-refractivity contribution >= 4 is 73.9 Å². The van der Waals surface area contributed by atoms with E-state index in [1.54, 1.807) is 25.1 Å². The number of hydrogen-bond donors (Lipinski definition) is 1. The average molecular weight is 595 g/mol. The van der Waals surface area contributed by atoms with E-state index in [1.165, 1.54) is 23.1 Å². The lowest BCUT2D eigenvalue weighted by molar-refractivity contribution is -0.139. The third-order valence-corrected chi connectivity index (χ3v) is 8.50. The Hall–Kier alpha value is -1.71. The van der Waals surface area contributed by atoms with Crippen LogP contribution in [0, 0.1) is 0 Å². The second-order valence-corrected chi connectivity index (χ2v) is 12.3. The molecule has 0 bridgehead atoms. The first kappa shape index (κ1) is 28.9. The molecule has 0 spiro atoms. The molecule has 7 nitrogen and oxygen atoms in total. The van der Waals surface area contributed by atoms with Crippen LogP contribution in [0.1, 0.15) is 38.2 Å². The Kier molecular flexibility index (Phi) is 9.80. The van der Waals surface area contributed by atoms with Crippen molar-refractivity contribution in [3.8, 4) is 0 Å². The van der Waals surface area contributed by atoms with E-state index in [0.29, 0.717) is 15.6 Å². The fourth-order valence-corrected chi connectivity index (χ4v) is 5.91. The molecule has 0 heterocycles. The van der Waals surface area contributed by atoms with Crippen molar-refractivity contribution in [2.24, 2.45) is 0 Å². The summed E-state index contributed by atoms with van der Waals surface area (Å²) in [7, 11) is -3.95. The smallest absolute Gasteiger partial charge is 0.244 e. The van der Waals surface area contributed by atoms with Gasteiger partial charge in [0.25, 0.3) is 0 Å². The van der Waals surface area contributed by atoms with Gasteiger partial charge in [0, 0.05) is 33.2 Å². The van der Waals surface area contributed by atoms with Crippen molar-refractivity contribution in [2.75, 3.05) is 17.1 Å². The van der Waals surface area contributed by atoms with Crippen LogP contribution >= 0.6 is 46.4 Å². The van der Waals surface area contributed by atoms with E-state index < -0.39 is 28.5 Å². The largest absolute Gasteiger partial charge is 0.352 e. The Morgan fingerprint density at radius 3 is 2.22 bits per heavy atom. The molecule has 0 saturated heterocycles. The van der Waals surface area contributed by atoms with Crippen LogP contribution < -0.4 is 9.62 Å². The highest BCUT2D eigenvalue weighted by Crippen LogP contribution is 2.31.